The van der Waals surface area contributed by atoms with Gasteiger partial charge in [0.1, 0.15) is 12.4 Å². The quantitative estimate of drug-likeness (QED) is 0.416. The third-order valence-electron chi connectivity index (χ3n) is 4.97. The van der Waals surface area contributed by atoms with Crippen molar-refractivity contribution in [2.45, 2.75) is 25.7 Å². The Morgan fingerprint density at radius 3 is 2.39 bits per heavy atom. The summed E-state index contributed by atoms with van der Waals surface area (Å²) in [6, 6.07) is 18.8. The van der Waals surface area contributed by atoms with Crippen molar-refractivity contribution < 1.29 is 22.7 Å². The molecule has 0 spiro atoms. The highest BCUT2D eigenvalue weighted by Gasteiger charge is 2.30. The lowest BCUT2D eigenvalue weighted by Crippen LogP contribution is -2.32. The van der Waals surface area contributed by atoms with Gasteiger partial charge in [-0.3, -0.25) is 4.79 Å². The van der Waals surface area contributed by atoms with Gasteiger partial charge in [0, 0.05) is 18.1 Å². The molecule has 3 aromatic rings. The number of hydrogen-bond acceptors (Lipinski definition) is 3. The standard InChI is InChI=1S/C25H24ClF3N2O2/c26-21-11-9-18(10-12-21)16-31(14-4-13-30)24(32)22-7-1-2-8-23(22)33-17-19-5-3-6-20(15-19)25(27,28)29/h1-3,5-12,15H,4,13-14,16-17,30H2. The van der Waals surface area contributed by atoms with Gasteiger partial charge in [-0.2, -0.15) is 13.2 Å². The Hall–Kier alpha value is -3.03. The third kappa shape index (κ3) is 6.97. The molecule has 174 valence electrons. The van der Waals surface area contributed by atoms with Gasteiger partial charge >= 0.3 is 6.18 Å². The predicted octanol–water partition coefficient (Wildman–Crippen LogP) is 5.93. The highest BCUT2D eigenvalue weighted by atomic mass is 35.5. The Morgan fingerprint density at radius 2 is 1.70 bits per heavy atom. The number of alkyl halides is 3. The number of carbonyl (C=O) groups is 1. The molecule has 0 aliphatic rings. The van der Waals surface area contributed by atoms with E-state index in [2.05, 4.69) is 0 Å². The van der Waals surface area contributed by atoms with E-state index >= 15 is 0 Å². The number of carbonyl (C=O) groups excluding carboxylic acids is 1. The third-order valence-corrected chi connectivity index (χ3v) is 5.22. The number of halogens is 4. The van der Waals surface area contributed by atoms with Gasteiger partial charge in [-0.1, -0.05) is 48.0 Å². The first-order valence-electron chi connectivity index (χ1n) is 10.4. The fraction of sp³-hybridized carbons (Fsp3) is 0.240. The molecule has 0 aliphatic carbocycles. The van der Waals surface area contributed by atoms with E-state index in [9.17, 15) is 18.0 Å². The van der Waals surface area contributed by atoms with Crippen LogP contribution in [0.4, 0.5) is 13.2 Å². The van der Waals surface area contributed by atoms with Crippen molar-refractivity contribution >= 4 is 17.5 Å². The molecule has 0 fully saturated rings. The van der Waals surface area contributed by atoms with Crippen molar-refractivity contribution in [2.24, 2.45) is 5.73 Å². The Labute approximate surface area is 195 Å². The Balaban J connectivity index is 1.79. The SMILES string of the molecule is NCCCN(Cc1ccc(Cl)cc1)C(=O)c1ccccc1OCc1cccc(C(F)(F)F)c1. The van der Waals surface area contributed by atoms with E-state index in [1.165, 1.54) is 6.07 Å². The number of ether oxygens (including phenoxy) is 1. The molecule has 8 heteroatoms. The normalized spacial score (nSPS) is 11.3. The number of benzene rings is 3. The van der Waals surface area contributed by atoms with Crippen LogP contribution in [0.25, 0.3) is 0 Å². The summed E-state index contributed by atoms with van der Waals surface area (Å²) in [4.78, 5) is 15.0. The van der Waals surface area contributed by atoms with E-state index < -0.39 is 11.7 Å². The second-order valence-electron chi connectivity index (χ2n) is 7.48. The molecule has 3 aromatic carbocycles. The summed E-state index contributed by atoms with van der Waals surface area (Å²) in [6.45, 7) is 1.13. The smallest absolute Gasteiger partial charge is 0.416 e. The monoisotopic (exact) mass is 476 g/mol. The first-order chi connectivity index (χ1) is 15.8. The number of rotatable bonds is 9. The molecular formula is C25H24ClF3N2O2. The zero-order valence-corrected chi connectivity index (χ0v) is 18.6. The summed E-state index contributed by atoms with van der Waals surface area (Å²) >= 11 is 5.96. The van der Waals surface area contributed by atoms with Crippen LogP contribution >= 0.6 is 11.6 Å². The number of amides is 1. The molecule has 33 heavy (non-hydrogen) atoms. The molecule has 3 rings (SSSR count). The lowest BCUT2D eigenvalue weighted by molar-refractivity contribution is -0.137. The maximum absolute atomic E-state index is 13.4. The molecule has 1 amide bonds. The summed E-state index contributed by atoms with van der Waals surface area (Å²) < 4.78 is 44.7. The minimum absolute atomic E-state index is 0.103. The maximum atomic E-state index is 13.4. The zero-order chi connectivity index (χ0) is 23.8. The minimum atomic E-state index is -4.44. The summed E-state index contributed by atoms with van der Waals surface area (Å²) in [7, 11) is 0. The molecule has 0 atom stereocenters. The van der Waals surface area contributed by atoms with Crippen LogP contribution in [0.5, 0.6) is 5.75 Å². The molecule has 0 saturated carbocycles. The van der Waals surface area contributed by atoms with E-state index in [4.69, 9.17) is 22.1 Å². The Morgan fingerprint density at radius 1 is 0.970 bits per heavy atom. The molecule has 0 radical (unpaired) electrons. The molecule has 0 unspecified atom stereocenters. The minimum Gasteiger partial charge on any atom is -0.488 e. The van der Waals surface area contributed by atoms with Gasteiger partial charge in [0.25, 0.3) is 5.91 Å². The van der Waals surface area contributed by atoms with Gasteiger partial charge < -0.3 is 15.4 Å². The van der Waals surface area contributed by atoms with Crippen LogP contribution in [0.3, 0.4) is 0 Å². The zero-order valence-electron chi connectivity index (χ0n) is 17.8. The highest BCUT2D eigenvalue weighted by Crippen LogP contribution is 2.30. The van der Waals surface area contributed by atoms with Gasteiger partial charge in [0.05, 0.1) is 11.1 Å². The van der Waals surface area contributed by atoms with Crippen molar-refractivity contribution in [3.63, 3.8) is 0 Å². The van der Waals surface area contributed by atoms with Gasteiger partial charge in [0.15, 0.2) is 0 Å². The van der Waals surface area contributed by atoms with Crippen LogP contribution < -0.4 is 10.5 Å². The van der Waals surface area contributed by atoms with Crippen molar-refractivity contribution in [1.82, 2.24) is 4.90 Å². The van der Waals surface area contributed by atoms with Crippen LogP contribution in [-0.4, -0.2) is 23.9 Å². The second-order valence-corrected chi connectivity index (χ2v) is 7.91. The van der Waals surface area contributed by atoms with E-state index in [-0.39, 0.29) is 12.5 Å². The molecule has 0 heterocycles. The molecular weight excluding hydrogens is 453 g/mol. The first-order valence-corrected chi connectivity index (χ1v) is 10.8. The first kappa shape index (κ1) is 24.6. The van der Waals surface area contributed by atoms with Crippen molar-refractivity contribution in [2.75, 3.05) is 13.1 Å². The molecule has 0 bridgehead atoms. The van der Waals surface area contributed by atoms with Crippen LogP contribution in [-0.2, 0) is 19.3 Å². The van der Waals surface area contributed by atoms with Crippen LogP contribution in [0.2, 0.25) is 5.02 Å². The molecule has 0 aliphatic heterocycles. The Kier molecular flexibility index (Phi) is 8.36. The molecule has 0 aromatic heterocycles. The van der Waals surface area contributed by atoms with Crippen molar-refractivity contribution in [3.05, 3.63) is 100 Å². The lowest BCUT2D eigenvalue weighted by atomic mass is 10.1. The van der Waals surface area contributed by atoms with Gasteiger partial charge in [0.2, 0.25) is 0 Å². The average molecular weight is 477 g/mol. The van der Waals surface area contributed by atoms with Crippen molar-refractivity contribution in [1.29, 1.82) is 0 Å². The lowest BCUT2D eigenvalue weighted by Gasteiger charge is -2.24. The number of hydrogen-bond donors (Lipinski definition) is 1. The van der Waals surface area contributed by atoms with Crippen molar-refractivity contribution in [3.8, 4) is 5.75 Å². The Bertz CT molecular complexity index is 1070. The van der Waals surface area contributed by atoms with E-state index in [1.807, 2.05) is 12.1 Å². The molecule has 2 N–H and O–H groups in total. The number of nitrogens with zero attached hydrogens (tertiary/aromatic N) is 1. The molecule has 0 saturated heterocycles. The highest BCUT2D eigenvalue weighted by molar-refractivity contribution is 6.30. The van der Waals surface area contributed by atoms with Crippen LogP contribution in [0, 0.1) is 0 Å². The van der Waals surface area contributed by atoms with Crippen LogP contribution in [0.1, 0.15) is 33.5 Å². The number of para-hydroxylation sites is 1. The summed E-state index contributed by atoms with van der Waals surface area (Å²) in [5.41, 5.74) is 6.50. The topological polar surface area (TPSA) is 55.6 Å². The van der Waals surface area contributed by atoms with E-state index in [0.717, 1.165) is 17.7 Å². The second kappa shape index (κ2) is 11.2. The predicted molar refractivity (Wildman–Crippen MR) is 122 cm³/mol. The van der Waals surface area contributed by atoms with Gasteiger partial charge in [-0.15, -0.1) is 0 Å². The average Bonchev–Trinajstić information content (AvgIpc) is 2.81. The van der Waals surface area contributed by atoms with Gasteiger partial charge in [-0.05, 0) is 60.5 Å². The fourth-order valence-corrected chi connectivity index (χ4v) is 3.41. The summed E-state index contributed by atoms with van der Waals surface area (Å²) in [6.07, 6.45) is -3.82. The maximum Gasteiger partial charge on any atom is 0.416 e. The summed E-state index contributed by atoms with van der Waals surface area (Å²) in [5.74, 6) is 0.0480. The fourth-order valence-electron chi connectivity index (χ4n) is 3.28. The largest absolute Gasteiger partial charge is 0.488 e. The van der Waals surface area contributed by atoms with Crippen LogP contribution in [0.15, 0.2) is 72.8 Å². The van der Waals surface area contributed by atoms with E-state index in [0.29, 0.717) is 48.0 Å². The molecule has 4 nitrogen and oxygen atoms in total. The number of nitrogens with two attached hydrogens (primary N) is 1. The van der Waals surface area contributed by atoms with Gasteiger partial charge in [-0.25, -0.2) is 0 Å². The summed E-state index contributed by atoms with van der Waals surface area (Å²) in [5, 5.41) is 0.604. The van der Waals surface area contributed by atoms with E-state index in [1.54, 1.807) is 47.4 Å².